The fraction of sp³-hybridized carbons (Fsp3) is 0.611. The van der Waals surface area contributed by atoms with Crippen molar-refractivity contribution in [1.29, 1.82) is 0 Å². The minimum Gasteiger partial charge on any atom is -0.379 e. The fourth-order valence-corrected chi connectivity index (χ4v) is 4.14. The number of nitro groups is 2. The molecule has 172 valence electrons. The molecule has 0 aromatic heterocycles. The van der Waals surface area contributed by atoms with Gasteiger partial charge in [-0.15, -0.1) is 0 Å². The average molecular weight is 567 g/mol. The van der Waals surface area contributed by atoms with Crippen LogP contribution in [0.5, 0.6) is 0 Å². The first-order valence-electron chi connectivity index (χ1n) is 9.81. The summed E-state index contributed by atoms with van der Waals surface area (Å²) >= 11 is 6.63. The van der Waals surface area contributed by atoms with Crippen LogP contribution in [0, 0.1) is 20.2 Å². The van der Waals surface area contributed by atoms with Crippen LogP contribution < -0.4 is 10.2 Å². The third-order valence-electron chi connectivity index (χ3n) is 4.82. The molecule has 13 heteroatoms. The number of nitro benzene ring substituents is 2. The summed E-state index contributed by atoms with van der Waals surface area (Å²) < 4.78 is 5.30. The van der Waals surface area contributed by atoms with Crippen LogP contribution in [0.4, 0.5) is 17.1 Å². The maximum Gasteiger partial charge on any atom is 0.299 e. The molecule has 1 aliphatic heterocycles. The molecule has 1 N–H and O–H groups in total. The molecule has 0 aliphatic carbocycles. The monoisotopic (exact) mass is 565 g/mol. The molecule has 0 saturated carbocycles. The molecule has 1 heterocycles. The fourth-order valence-electron chi connectivity index (χ4n) is 3.28. The van der Waals surface area contributed by atoms with E-state index < -0.39 is 27.1 Å². The lowest BCUT2D eigenvalue weighted by atomic mass is 10.1. The number of halogens is 2. The lowest BCUT2D eigenvalue weighted by molar-refractivity contribution is -0.393. The minimum absolute atomic E-state index is 0.174. The van der Waals surface area contributed by atoms with Gasteiger partial charge in [0.1, 0.15) is 11.3 Å². The Balaban J connectivity index is 2.22. The predicted molar refractivity (Wildman–Crippen MR) is 124 cm³/mol. The van der Waals surface area contributed by atoms with E-state index in [9.17, 15) is 25.0 Å². The number of morpholine rings is 1. The highest BCUT2D eigenvalue weighted by Gasteiger charge is 2.30. The number of nitrogens with one attached hydrogen (secondary N) is 1. The Morgan fingerprint density at radius 3 is 2.26 bits per heavy atom. The number of ether oxygens (including phenoxy) is 1. The van der Waals surface area contributed by atoms with Crippen LogP contribution in [0.15, 0.2) is 12.1 Å². The van der Waals surface area contributed by atoms with E-state index in [2.05, 4.69) is 42.1 Å². The first-order valence-corrected chi connectivity index (χ1v) is 12.0. The van der Waals surface area contributed by atoms with E-state index in [0.29, 0.717) is 49.9 Å². The first kappa shape index (κ1) is 25.4. The van der Waals surface area contributed by atoms with Gasteiger partial charge in [0.2, 0.25) is 0 Å². The molecule has 1 saturated heterocycles. The van der Waals surface area contributed by atoms with Gasteiger partial charge in [0.25, 0.3) is 17.3 Å². The number of carbonyl (C=O) groups is 1. The molecule has 0 spiro atoms. The number of anilines is 1. The number of rotatable bonds is 12. The Bertz CT molecular complexity index is 785. The normalized spacial score (nSPS) is 14.3. The maximum absolute atomic E-state index is 12.7. The quantitative estimate of drug-likeness (QED) is 0.177. The van der Waals surface area contributed by atoms with Crippen molar-refractivity contribution in [2.75, 3.05) is 68.0 Å². The van der Waals surface area contributed by atoms with E-state index in [4.69, 9.17) is 4.74 Å². The van der Waals surface area contributed by atoms with E-state index in [0.717, 1.165) is 25.7 Å². The molecule has 1 aromatic rings. The summed E-state index contributed by atoms with van der Waals surface area (Å²) in [7, 11) is 0. The molecule has 1 amide bonds. The van der Waals surface area contributed by atoms with Crippen molar-refractivity contribution in [2.45, 2.75) is 6.42 Å². The van der Waals surface area contributed by atoms with Gasteiger partial charge in [0, 0.05) is 43.4 Å². The molecule has 2 rings (SSSR count). The van der Waals surface area contributed by atoms with Gasteiger partial charge in [-0.3, -0.25) is 29.9 Å². The molecule has 0 atom stereocenters. The number of benzene rings is 1. The lowest BCUT2D eigenvalue weighted by Crippen LogP contribution is -2.38. The predicted octanol–water partition coefficient (Wildman–Crippen LogP) is 2.55. The highest BCUT2D eigenvalue weighted by molar-refractivity contribution is 9.09. The zero-order chi connectivity index (χ0) is 22.8. The molecular weight excluding hydrogens is 542 g/mol. The number of hydrogen-bond acceptors (Lipinski definition) is 8. The van der Waals surface area contributed by atoms with Crippen molar-refractivity contribution in [1.82, 2.24) is 10.2 Å². The third-order valence-corrected chi connectivity index (χ3v) is 5.53. The van der Waals surface area contributed by atoms with E-state index in [1.807, 2.05) is 0 Å². The second-order valence-electron chi connectivity index (χ2n) is 6.80. The van der Waals surface area contributed by atoms with E-state index in [1.54, 1.807) is 4.90 Å². The number of hydrogen-bond donors (Lipinski definition) is 1. The summed E-state index contributed by atoms with van der Waals surface area (Å²) in [4.78, 5) is 38.3. The molecule has 0 unspecified atom stereocenters. The standard InChI is InChI=1S/C18H25Br2N5O6/c19-2-6-23(7-3-20)16-12-14(15(24(27)28)13-17(16)25(29)30)18(26)21-4-1-5-22-8-10-31-11-9-22/h12-13H,1-11H2,(H,21,26). The van der Waals surface area contributed by atoms with Gasteiger partial charge in [-0.1, -0.05) is 31.9 Å². The van der Waals surface area contributed by atoms with Crippen LogP contribution in [-0.4, -0.2) is 83.8 Å². The van der Waals surface area contributed by atoms with Gasteiger partial charge in [-0.2, -0.15) is 0 Å². The molecule has 1 fully saturated rings. The lowest BCUT2D eigenvalue weighted by Gasteiger charge is -2.26. The van der Waals surface area contributed by atoms with Gasteiger partial charge in [0.05, 0.1) is 29.1 Å². The summed E-state index contributed by atoms with van der Waals surface area (Å²) in [6.45, 7) is 5.03. The van der Waals surface area contributed by atoms with Crippen LogP contribution in [0.2, 0.25) is 0 Å². The second-order valence-corrected chi connectivity index (χ2v) is 8.39. The highest BCUT2D eigenvalue weighted by Crippen LogP contribution is 2.35. The van der Waals surface area contributed by atoms with Crippen LogP contribution in [-0.2, 0) is 4.74 Å². The van der Waals surface area contributed by atoms with Gasteiger partial charge in [0.15, 0.2) is 0 Å². The van der Waals surface area contributed by atoms with Crippen LogP contribution in [0.1, 0.15) is 16.8 Å². The van der Waals surface area contributed by atoms with Crippen molar-refractivity contribution in [2.24, 2.45) is 0 Å². The number of amides is 1. The number of alkyl halides is 2. The van der Waals surface area contributed by atoms with Crippen molar-refractivity contribution in [3.63, 3.8) is 0 Å². The second kappa shape index (κ2) is 12.9. The molecular formula is C18H25Br2N5O6. The van der Waals surface area contributed by atoms with Gasteiger partial charge in [-0.25, -0.2) is 0 Å². The minimum atomic E-state index is -0.765. The van der Waals surface area contributed by atoms with Gasteiger partial charge >= 0.3 is 0 Å². The summed E-state index contributed by atoms with van der Waals surface area (Å²) in [5.41, 5.74) is -1.00. The first-order chi connectivity index (χ1) is 14.9. The average Bonchev–Trinajstić information content (AvgIpc) is 2.76. The van der Waals surface area contributed by atoms with Crippen LogP contribution in [0.25, 0.3) is 0 Å². The van der Waals surface area contributed by atoms with Gasteiger partial charge in [-0.05, 0) is 19.0 Å². The Hall–Kier alpha value is -1.83. The smallest absolute Gasteiger partial charge is 0.299 e. The van der Waals surface area contributed by atoms with Crippen LogP contribution in [0.3, 0.4) is 0 Å². The van der Waals surface area contributed by atoms with Crippen molar-refractivity contribution < 1.29 is 19.4 Å². The highest BCUT2D eigenvalue weighted by atomic mass is 79.9. The SMILES string of the molecule is O=C(NCCCN1CCOCC1)c1cc(N(CCBr)CCBr)c([N+](=O)[O-])cc1[N+](=O)[O-]. The topological polar surface area (TPSA) is 131 Å². The van der Waals surface area contributed by atoms with Crippen LogP contribution >= 0.6 is 31.9 Å². The van der Waals surface area contributed by atoms with E-state index in [-0.39, 0.29) is 11.3 Å². The summed E-state index contributed by atoms with van der Waals surface area (Å²) in [5, 5.41) is 26.9. The third kappa shape index (κ3) is 7.37. The molecule has 11 nitrogen and oxygen atoms in total. The van der Waals surface area contributed by atoms with Crippen molar-refractivity contribution >= 4 is 54.8 Å². The summed E-state index contributed by atoms with van der Waals surface area (Å²) in [6.07, 6.45) is 0.679. The molecule has 1 aromatic carbocycles. The Morgan fingerprint density at radius 2 is 1.71 bits per heavy atom. The zero-order valence-electron chi connectivity index (χ0n) is 16.9. The van der Waals surface area contributed by atoms with Gasteiger partial charge < -0.3 is 15.0 Å². The number of nitrogens with zero attached hydrogens (tertiary/aromatic N) is 4. The van der Waals surface area contributed by atoms with E-state index >= 15 is 0 Å². The van der Waals surface area contributed by atoms with Crippen molar-refractivity contribution in [3.05, 3.63) is 37.9 Å². The summed E-state index contributed by atoms with van der Waals surface area (Å²) in [6, 6.07) is 2.12. The van der Waals surface area contributed by atoms with Crippen molar-refractivity contribution in [3.8, 4) is 0 Å². The number of carbonyl (C=O) groups excluding carboxylic acids is 1. The Labute approximate surface area is 196 Å². The summed E-state index contributed by atoms with van der Waals surface area (Å²) in [5.74, 6) is -0.623. The Kier molecular flexibility index (Phi) is 10.6. The largest absolute Gasteiger partial charge is 0.379 e. The molecule has 31 heavy (non-hydrogen) atoms. The molecule has 0 bridgehead atoms. The molecule has 0 radical (unpaired) electrons. The maximum atomic E-state index is 12.7. The molecule has 1 aliphatic rings. The zero-order valence-corrected chi connectivity index (χ0v) is 20.1. The Morgan fingerprint density at radius 1 is 1.10 bits per heavy atom. The van der Waals surface area contributed by atoms with E-state index in [1.165, 1.54) is 6.07 Å².